The number of aliphatic hydroxyl groups excluding tert-OH is 1. The minimum Gasteiger partial charge on any atom is -0.394 e. The fourth-order valence-corrected chi connectivity index (χ4v) is 5.12. The summed E-state index contributed by atoms with van der Waals surface area (Å²) in [4.78, 5) is 18.9. The minimum absolute atomic E-state index is 0.112. The van der Waals surface area contributed by atoms with Crippen LogP contribution in [0.15, 0.2) is 54.6 Å². The van der Waals surface area contributed by atoms with Crippen LogP contribution in [0.4, 0.5) is 0 Å². The van der Waals surface area contributed by atoms with Gasteiger partial charge in [0.25, 0.3) is 0 Å². The highest BCUT2D eigenvalue weighted by Crippen LogP contribution is 2.55. The van der Waals surface area contributed by atoms with Crippen LogP contribution in [0.2, 0.25) is 0 Å². The summed E-state index contributed by atoms with van der Waals surface area (Å²) in [5.74, 6) is -0.556. The number of ether oxygens (including phenoxy) is 1. The number of methoxy groups -OCH3 is 1. The predicted octanol–water partition coefficient (Wildman–Crippen LogP) is 3.68. The van der Waals surface area contributed by atoms with Gasteiger partial charge in [-0.3, -0.25) is 0 Å². The summed E-state index contributed by atoms with van der Waals surface area (Å²) in [5, 5.41) is 9.75. The smallest absolute Gasteiger partial charge is 0.332 e. The maximum atomic E-state index is 13.3. The van der Waals surface area contributed by atoms with Crippen molar-refractivity contribution in [2.75, 3.05) is 13.7 Å². The van der Waals surface area contributed by atoms with Crippen LogP contribution in [0.5, 0.6) is 0 Å². The third kappa shape index (κ3) is 3.95. The SMILES string of the molecule is COC1CCC2(CC1)Cc1ccccc1C2C(=O)ON[C@H](CO)c1ccccc1. The number of nitrogens with one attached hydrogen (secondary N) is 1. The van der Waals surface area contributed by atoms with Crippen molar-refractivity contribution in [2.45, 2.75) is 50.2 Å². The Labute approximate surface area is 172 Å². The molecule has 4 rings (SSSR count). The molecule has 2 aliphatic carbocycles. The average molecular weight is 395 g/mol. The molecule has 5 nitrogen and oxygen atoms in total. The van der Waals surface area contributed by atoms with E-state index in [2.05, 4.69) is 17.6 Å². The average Bonchev–Trinajstić information content (AvgIpc) is 3.08. The van der Waals surface area contributed by atoms with E-state index in [1.807, 2.05) is 42.5 Å². The van der Waals surface area contributed by atoms with E-state index in [4.69, 9.17) is 9.57 Å². The molecular formula is C24H29NO4. The lowest BCUT2D eigenvalue weighted by molar-refractivity contribution is -0.160. The standard InChI is InChI=1S/C24H29NO4/c1-28-19-11-13-24(14-12-19)15-18-9-5-6-10-20(18)22(24)23(27)29-25-21(16-26)17-7-3-2-4-8-17/h2-10,19,21-22,25-26H,11-16H2,1H3/t19?,21-,22?,24?/m1/s1. The highest BCUT2D eigenvalue weighted by Gasteiger charge is 2.52. The Hall–Kier alpha value is -2.21. The molecular weight excluding hydrogens is 366 g/mol. The van der Waals surface area contributed by atoms with Crippen LogP contribution in [0, 0.1) is 5.41 Å². The van der Waals surface area contributed by atoms with Crippen LogP contribution in [-0.4, -0.2) is 30.9 Å². The summed E-state index contributed by atoms with van der Waals surface area (Å²) in [7, 11) is 1.76. The number of rotatable bonds is 6. The van der Waals surface area contributed by atoms with Crippen LogP contribution in [-0.2, 0) is 20.8 Å². The van der Waals surface area contributed by atoms with Gasteiger partial charge in [-0.25, -0.2) is 4.79 Å². The minimum atomic E-state index is -0.447. The maximum Gasteiger partial charge on any atom is 0.332 e. The molecule has 2 aliphatic rings. The molecule has 0 bridgehead atoms. The molecule has 0 amide bonds. The Morgan fingerprint density at radius 1 is 1.14 bits per heavy atom. The van der Waals surface area contributed by atoms with Gasteiger partial charge in [-0.15, -0.1) is 5.48 Å². The molecule has 1 unspecified atom stereocenters. The number of aliphatic hydroxyl groups is 1. The van der Waals surface area contributed by atoms with Gasteiger partial charge in [0, 0.05) is 7.11 Å². The van der Waals surface area contributed by atoms with Crippen LogP contribution in [0.1, 0.15) is 54.3 Å². The molecule has 154 valence electrons. The molecule has 2 N–H and O–H groups in total. The van der Waals surface area contributed by atoms with E-state index in [0.29, 0.717) is 0 Å². The van der Waals surface area contributed by atoms with Crippen molar-refractivity contribution in [1.29, 1.82) is 0 Å². The van der Waals surface area contributed by atoms with E-state index in [9.17, 15) is 9.90 Å². The topological polar surface area (TPSA) is 67.8 Å². The van der Waals surface area contributed by atoms with E-state index in [0.717, 1.165) is 43.2 Å². The molecule has 29 heavy (non-hydrogen) atoms. The number of hydrogen-bond acceptors (Lipinski definition) is 5. The zero-order valence-corrected chi connectivity index (χ0v) is 16.8. The van der Waals surface area contributed by atoms with Crippen molar-refractivity contribution in [3.05, 3.63) is 71.3 Å². The summed E-state index contributed by atoms with van der Waals surface area (Å²) in [5.41, 5.74) is 5.90. The van der Waals surface area contributed by atoms with Gasteiger partial charge in [0.15, 0.2) is 0 Å². The van der Waals surface area contributed by atoms with Crippen molar-refractivity contribution in [2.24, 2.45) is 5.41 Å². The quantitative estimate of drug-likeness (QED) is 0.731. The molecule has 1 saturated carbocycles. The van der Waals surface area contributed by atoms with Gasteiger partial charge in [-0.05, 0) is 54.2 Å². The summed E-state index contributed by atoms with van der Waals surface area (Å²) < 4.78 is 5.55. The van der Waals surface area contributed by atoms with Gasteiger partial charge >= 0.3 is 5.97 Å². The highest BCUT2D eigenvalue weighted by molar-refractivity contribution is 5.81. The lowest BCUT2D eigenvalue weighted by Crippen LogP contribution is -2.40. The highest BCUT2D eigenvalue weighted by atomic mass is 16.7. The van der Waals surface area contributed by atoms with Gasteiger partial charge in [0.1, 0.15) is 0 Å². The number of fused-ring (bicyclic) bond motifs is 1. The number of carbonyl (C=O) groups is 1. The first-order chi connectivity index (χ1) is 14.2. The van der Waals surface area contributed by atoms with Crippen molar-refractivity contribution in [3.63, 3.8) is 0 Å². The van der Waals surface area contributed by atoms with E-state index in [1.54, 1.807) is 7.11 Å². The summed E-state index contributed by atoms with van der Waals surface area (Å²) >= 11 is 0. The Morgan fingerprint density at radius 3 is 2.52 bits per heavy atom. The molecule has 0 heterocycles. The lowest BCUT2D eigenvalue weighted by Gasteiger charge is -2.40. The second kappa shape index (κ2) is 8.66. The summed E-state index contributed by atoms with van der Waals surface area (Å²) in [6, 6.07) is 17.3. The Balaban J connectivity index is 1.53. The molecule has 1 fully saturated rings. The van der Waals surface area contributed by atoms with E-state index in [-0.39, 0.29) is 30.0 Å². The molecule has 0 saturated heterocycles. The van der Waals surface area contributed by atoms with Crippen molar-refractivity contribution >= 4 is 5.97 Å². The molecule has 5 heteroatoms. The van der Waals surface area contributed by atoms with Gasteiger partial charge in [-0.1, -0.05) is 54.6 Å². The fourth-order valence-electron chi connectivity index (χ4n) is 5.12. The third-order valence-electron chi connectivity index (χ3n) is 6.70. The third-order valence-corrected chi connectivity index (χ3v) is 6.70. The number of hydrogen-bond donors (Lipinski definition) is 2. The van der Waals surface area contributed by atoms with Gasteiger partial charge in [-0.2, -0.15) is 0 Å². The van der Waals surface area contributed by atoms with Crippen molar-refractivity contribution in [1.82, 2.24) is 5.48 Å². The zero-order valence-electron chi connectivity index (χ0n) is 16.8. The Kier molecular flexibility index (Phi) is 5.99. The lowest BCUT2D eigenvalue weighted by atomic mass is 9.65. The summed E-state index contributed by atoms with van der Waals surface area (Å²) in [6.45, 7) is -0.154. The Morgan fingerprint density at radius 2 is 1.83 bits per heavy atom. The molecule has 2 atom stereocenters. The zero-order chi connectivity index (χ0) is 20.3. The van der Waals surface area contributed by atoms with Crippen molar-refractivity contribution in [3.8, 4) is 0 Å². The first-order valence-electron chi connectivity index (χ1n) is 10.4. The first-order valence-corrected chi connectivity index (χ1v) is 10.4. The molecule has 2 aromatic carbocycles. The van der Waals surface area contributed by atoms with E-state index in [1.165, 1.54) is 5.56 Å². The van der Waals surface area contributed by atoms with Crippen LogP contribution < -0.4 is 5.48 Å². The van der Waals surface area contributed by atoms with Gasteiger partial charge < -0.3 is 14.7 Å². The van der Waals surface area contributed by atoms with E-state index < -0.39 is 6.04 Å². The van der Waals surface area contributed by atoms with Gasteiger partial charge in [0.05, 0.1) is 24.7 Å². The predicted molar refractivity (Wildman–Crippen MR) is 110 cm³/mol. The molecule has 1 spiro atoms. The monoisotopic (exact) mass is 395 g/mol. The van der Waals surface area contributed by atoms with Crippen LogP contribution in [0.3, 0.4) is 0 Å². The fraction of sp³-hybridized carbons (Fsp3) is 0.458. The van der Waals surface area contributed by atoms with Gasteiger partial charge in [0.2, 0.25) is 0 Å². The number of hydroxylamine groups is 1. The Bertz CT molecular complexity index is 830. The molecule has 0 radical (unpaired) electrons. The van der Waals surface area contributed by atoms with Crippen LogP contribution in [0.25, 0.3) is 0 Å². The normalized spacial score (nSPS) is 26.8. The van der Waals surface area contributed by atoms with E-state index >= 15 is 0 Å². The second-order valence-corrected chi connectivity index (χ2v) is 8.29. The number of benzene rings is 2. The molecule has 0 aromatic heterocycles. The summed E-state index contributed by atoms with van der Waals surface area (Å²) in [6.07, 6.45) is 5.00. The first kappa shape index (κ1) is 20.1. The number of carbonyl (C=O) groups excluding carboxylic acids is 1. The molecule has 0 aliphatic heterocycles. The van der Waals surface area contributed by atoms with Crippen LogP contribution >= 0.6 is 0 Å². The maximum absolute atomic E-state index is 13.3. The van der Waals surface area contributed by atoms with Crippen molar-refractivity contribution < 1.29 is 19.5 Å². The second-order valence-electron chi connectivity index (χ2n) is 8.29. The largest absolute Gasteiger partial charge is 0.394 e. The molecule has 2 aromatic rings.